The van der Waals surface area contributed by atoms with Crippen LogP contribution in [0.5, 0.6) is 11.5 Å². The van der Waals surface area contributed by atoms with E-state index in [9.17, 15) is 19.2 Å². The largest absolute Gasteiger partial charge is 0.497 e. The Balaban J connectivity index is 1.33. The highest BCUT2D eigenvalue weighted by atomic mass is 16.6. The van der Waals surface area contributed by atoms with E-state index in [2.05, 4.69) is 11.4 Å². The second-order valence-corrected chi connectivity index (χ2v) is 15.3. The van der Waals surface area contributed by atoms with Crippen LogP contribution in [-0.2, 0) is 28.7 Å². The molecule has 1 aliphatic carbocycles. The van der Waals surface area contributed by atoms with Gasteiger partial charge in [0.15, 0.2) is 0 Å². The molecule has 282 valence electrons. The standard InChI is InChI=1S/C42H51N3O8/c1-6-51-40(49)42-25-29(42)18-14-9-7-8-11-17-28(21-37(46)53-41(2,3)4)39(48)45-26-31(23-35(45)38(47)44-42)52-36-24-30(50-5)22-34-32(36)19-20-33(43-34)27-15-12-10-13-16-27/h10,12-16,18-20,22,24,28-29,31,35H,6-9,11,17,21,23,25-26H2,1-5H3,(H,44,47)/b18-14-/t28-,29+,31-,35+,42+/m1/s1. The Hall–Kier alpha value is -4.93. The van der Waals surface area contributed by atoms with Crippen LogP contribution in [0.15, 0.2) is 66.7 Å². The number of hydrogen-bond donors (Lipinski definition) is 1. The Morgan fingerprint density at radius 2 is 1.83 bits per heavy atom. The average molecular weight is 726 g/mol. The van der Waals surface area contributed by atoms with E-state index in [4.69, 9.17) is 23.9 Å². The van der Waals surface area contributed by atoms with Gasteiger partial charge in [-0.15, -0.1) is 0 Å². The third-order valence-corrected chi connectivity index (χ3v) is 10.2. The molecule has 5 atom stereocenters. The summed E-state index contributed by atoms with van der Waals surface area (Å²) in [5.74, 6) is -1.54. The van der Waals surface area contributed by atoms with Crippen LogP contribution in [0.1, 0.15) is 79.1 Å². The van der Waals surface area contributed by atoms with Crippen LogP contribution in [0.4, 0.5) is 0 Å². The number of nitrogens with zero attached hydrogens (tertiary/aromatic N) is 2. The Labute approximate surface area is 311 Å². The molecule has 1 saturated carbocycles. The second-order valence-electron chi connectivity index (χ2n) is 15.3. The molecule has 11 heteroatoms. The summed E-state index contributed by atoms with van der Waals surface area (Å²) >= 11 is 0. The van der Waals surface area contributed by atoms with Gasteiger partial charge in [0.25, 0.3) is 0 Å². The van der Waals surface area contributed by atoms with Crippen LogP contribution in [-0.4, -0.2) is 77.2 Å². The van der Waals surface area contributed by atoms with Crippen molar-refractivity contribution < 1.29 is 38.1 Å². The quantitative estimate of drug-likeness (QED) is 0.202. The number of amides is 2. The number of esters is 2. The molecule has 1 saturated heterocycles. The maximum atomic E-state index is 14.6. The number of aromatic nitrogens is 1. The zero-order chi connectivity index (χ0) is 37.8. The predicted molar refractivity (Wildman–Crippen MR) is 200 cm³/mol. The molecule has 3 aromatic rings. The van der Waals surface area contributed by atoms with Gasteiger partial charge < -0.3 is 29.2 Å². The van der Waals surface area contributed by atoms with E-state index in [1.807, 2.05) is 54.6 Å². The number of nitrogens with one attached hydrogen (secondary N) is 1. The smallest absolute Gasteiger partial charge is 0.332 e. The SMILES string of the molecule is CCOC(=O)[C@]12C[C@@H]1/C=C\CCCCC[C@H](CC(=O)OC(C)(C)C)C(=O)N1C[C@H](Oc3cc(OC)cc4nc(-c5ccccc5)ccc34)C[C@H]1C(=O)N2. The molecule has 0 unspecified atom stereocenters. The lowest BCUT2D eigenvalue weighted by molar-refractivity contribution is -0.159. The van der Waals surface area contributed by atoms with Crippen molar-refractivity contribution in [2.45, 2.75) is 102 Å². The molecule has 1 N–H and O–H groups in total. The molecule has 3 heterocycles. The molecule has 0 bridgehead atoms. The van der Waals surface area contributed by atoms with Gasteiger partial charge in [-0.1, -0.05) is 55.3 Å². The van der Waals surface area contributed by atoms with Gasteiger partial charge in [0.2, 0.25) is 11.8 Å². The van der Waals surface area contributed by atoms with E-state index in [0.29, 0.717) is 29.9 Å². The third-order valence-electron chi connectivity index (χ3n) is 10.2. The highest BCUT2D eigenvalue weighted by Gasteiger charge is 2.62. The first-order valence-corrected chi connectivity index (χ1v) is 18.8. The first-order valence-electron chi connectivity index (χ1n) is 18.8. The van der Waals surface area contributed by atoms with E-state index in [1.165, 1.54) is 4.90 Å². The molecule has 11 nitrogen and oxygen atoms in total. The number of ether oxygens (including phenoxy) is 4. The first-order chi connectivity index (χ1) is 25.4. The van der Waals surface area contributed by atoms with Gasteiger partial charge in [-0.05, 0) is 65.5 Å². The van der Waals surface area contributed by atoms with Crippen LogP contribution >= 0.6 is 0 Å². The summed E-state index contributed by atoms with van der Waals surface area (Å²) in [5, 5.41) is 3.77. The molecule has 53 heavy (non-hydrogen) atoms. The van der Waals surface area contributed by atoms with Gasteiger partial charge in [0.05, 0.1) is 37.9 Å². The lowest BCUT2D eigenvalue weighted by Gasteiger charge is -2.29. The van der Waals surface area contributed by atoms with Crippen molar-refractivity contribution in [2.75, 3.05) is 20.3 Å². The average Bonchev–Trinajstić information content (AvgIpc) is 3.66. The molecule has 2 fully saturated rings. The van der Waals surface area contributed by atoms with Gasteiger partial charge in [0.1, 0.15) is 34.8 Å². The lowest BCUT2D eigenvalue weighted by atomic mass is 9.95. The Morgan fingerprint density at radius 1 is 1.04 bits per heavy atom. The van der Waals surface area contributed by atoms with E-state index in [1.54, 1.807) is 40.9 Å². The molecule has 2 amide bonds. The van der Waals surface area contributed by atoms with Crippen molar-refractivity contribution in [3.63, 3.8) is 0 Å². The fourth-order valence-electron chi connectivity index (χ4n) is 7.45. The number of pyridine rings is 1. The number of carbonyl (C=O) groups excluding carboxylic acids is 4. The van der Waals surface area contributed by atoms with Crippen molar-refractivity contribution in [1.29, 1.82) is 0 Å². The van der Waals surface area contributed by atoms with Gasteiger partial charge in [-0.25, -0.2) is 9.78 Å². The van der Waals surface area contributed by atoms with Gasteiger partial charge in [-0.3, -0.25) is 14.4 Å². The van der Waals surface area contributed by atoms with Gasteiger partial charge in [0, 0.05) is 41.3 Å². The lowest BCUT2D eigenvalue weighted by Crippen LogP contribution is -2.54. The summed E-state index contributed by atoms with van der Waals surface area (Å²) in [7, 11) is 1.58. The summed E-state index contributed by atoms with van der Waals surface area (Å²) in [5.41, 5.74) is 0.535. The molecule has 3 aliphatic rings. The third kappa shape index (κ3) is 8.83. The molecular weight excluding hydrogens is 674 g/mol. The molecule has 2 aliphatic heterocycles. The maximum Gasteiger partial charge on any atom is 0.332 e. The summed E-state index contributed by atoms with van der Waals surface area (Å²) in [6.07, 6.45) is 7.74. The number of fused-ring (bicyclic) bond motifs is 3. The van der Waals surface area contributed by atoms with Crippen molar-refractivity contribution in [1.82, 2.24) is 15.2 Å². The van der Waals surface area contributed by atoms with E-state index in [-0.39, 0.29) is 37.8 Å². The summed E-state index contributed by atoms with van der Waals surface area (Å²) in [6.45, 7) is 7.41. The molecule has 2 aromatic carbocycles. The second kappa shape index (κ2) is 16.0. The zero-order valence-electron chi connectivity index (χ0n) is 31.4. The first kappa shape index (κ1) is 37.8. The van der Waals surface area contributed by atoms with Crippen molar-refractivity contribution in [3.05, 3.63) is 66.7 Å². The van der Waals surface area contributed by atoms with E-state index < -0.39 is 47.0 Å². The fourth-order valence-corrected chi connectivity index (χ4v) is 7.45. The molecule has 1 aromatic heterocycles. The number of allylic oxidation sites excluding steroid dienone is 1. The zero-order valence-corrected chi connectivity index (χ0v) is 31.4. The van der Waals surface area contributed by atoms with Crippen LogP contribution in [0, 0.1) is 11.8 Å². The minimum Gasteiger partial charge on any atom is -0.497 e. The summed E-state index contributed by atoms with van der Waals surface area (Å²) in [6, 6.07) is 16.4. The van der Waals surface area contributed by atoms with E-state index in [0.717, 1.165) is 42.3 Å². The summed E-state index contributed by atoms with van der Waals surface area (Å²) < 4.78 is 23.4. The highest BCUT2D eigenvalue weighted by Crippen LogP contribution is 2.46. The Morgan fingerprint density at radius 3 is 2.57 bits per heavy atom. The van der Waals surface area contributed by atoms with Crippen molar-refractivity contribution in [2.24, 2.45) is 11.8 Å². The number of rotatable bonds is 8. The minimum absolute atomic E-state index is 0.100. The number of hydrogen-bond acceptors (Lipinski definition) is 9. The maximum absolute atomic E-state index is 14.6. The van der Waals surface area contributed by atoms with Crippen molar-refractivity contribution >= 4 is 34.7 Å². The molecule has 6 rings (SSSR count). The number of methoxy groups -OCH3 is 1. The number of benzene rings is 2. The van der Waals surface area contributed by atoms with Crippen LogP contribution in [0.3, 0.4) is 0 Å². The molecular formula is C42H51N3O8. The number of carbonyl (C=O) groups is 4. The normalized spacial score (nSPS) is 25.6. The van der Waals surface area contributed by atoms with Crippen LogP contribution < -0.4 is 14.8 Å². The summed E-state index contributed by atoms with van der Waals surface area (Å²) in [4.78, 5) is 61.7. The van der Waals surface area contributed by atoms with Crippen LogP contribution in [0.25, 0.3) is 22.2 Å². The van der Waals surface area contributed by atoms with E-state index >= 15 is 0 Å². The topological polar surface area (TPSA) is 133 Å². The highest BCUT2D eigenvalue weighted by molar-refractivity contribution is 5.96. The molecule has 0 spiro atoms. The predicted octanol–water partition coefficient (Wildman–Crippen LogP) is 6.57. The molecule has 0 radical (unpaired) electrons. The fraction of sp³-hybridized carbons (Fsp3) is 0.500. The monoisotopic (exact) mass is 725 g/mol. The Kier molecular flexibility index (Phi) is 11.4. The Bertz CT molecular complexity index is 1850. The minimum atomic E-state index is -1.20. The van der Waals surface area contributed by atoms with Crippen molar-refractivity contribution in [3.8, 4) is 22.8 Å². The van der Waals surface area contributed by atoms with Crippen LogP contribution in [0.2, 0.25) is 0 Å². The van der Waals surface area contributed by atoms with Gasteiger partial charge >= 0.3 is 11.9 Å². The van der Waals surface area contributed by atoms with Gasteiger partial charge in [-0.2, -0.15) is 0 Å².